The third-order valence-electron chi connectivity index (χ3n) is 3.42. The summed E-state index contributed by atoms with van der Waals surface area (Å²) in [7, 11) is -10.3. The Kier molecular flexibility index (Phi) is 4.77. The SMILES string of the molecule is Cc1cc(-c2ccc(N[B-](F)(F)F)c(C)c2)ccc1N[B-](F)(F)F. The molecule has 2 aromatic rings. The van der Waals surface area contributed by atoms with Crippen molar-refractivity contribution in [3.05, 3.63) is 47.5 Å². The van der Waals surface area contributed by atoms with Gasteiger partial charge in [0.2, 0.25) is 0 Å². The third kappa shape index (κ3) is 4.87. The summed E-state index contributed by atoms with van der Waals surface area (Å²) in [6.45, 7) is 3.06. The molecule has 24 heavy (non-hydrogen) atoms. The first kappa shape index (κ1) is 18.1. The van der Waals surface area contributed by atoms with Crippen LogP contribution in [0.1, 0.15) is 11.1 Å². The molecule has 0 saturated carbocycles. The third-order valence-corrected chi connectivity index (χ3v) is 3.42. The molecule has 0 radical (unpaired) electrons. The van der Waals surface area contributed by atoms with Crippen molar-refractivity contribution in [2.24, 2.45) is 0 Å². The van der Waals surface area contributed by atoms with Gasteiger partial charge in [0.1, 0.15) is 0 Å². The van der Waals surface area contributed by atoms with Gasteiger partial charge < -0.3 is 36.3 Å². The molecule has 130 valence electrons. The fourth-order valence-corrected chi connectivity index (χ4v) is 2.36. The van der Waals surface area contributed by atoms with E-state index >= 15 is 0 Å². The highest BCUT2D eigenvalue weighted by atomic mass is 19.4. The molecule has 2 nitrogen and oxygen atoms in total. The van der Waals surface area contributed by atoms with Crippen LogP contribution in [0.2, 0.25) is 0 Å². The lowest BCUT2D eigenvalue weighted by Crippen LogP contribution is -2.28. The minimum atomic E-state index is -5.16. The van der Waals surface area contributed by atoms with E-state index in [1.807, 2.05) is 0 Å². The molecule has 2 aromatic carbocycles. The van der Waals surface area contributed by atoms with Gasteiger partial charge in [-0.2, -0.15) is 0 Å². The lowest BCUT2D eigenvalue weighted by molar-refractivity contribution is 0.485. The normalized spacial score (nSPS) is 12.2. The minimum absolute atomic E-state index is 0.0407. The largest absolute Gasteiger partial charge is 0.595 e. The predicted octanol–water partition coefficient (Wildman–Crippen LogP) is 5.48. The average molecular weight is 346 g/mol. The van der Waals surface area contributed by atoms with Crippen molar-refractivity contribution >= 4 is 25.6 Å². The van der Waals surface area contributed by atoms with Crippen molar-refractivity contribution in [3.63, 3.8) is 0 Å². The summed E-state index contributed by atoms with van der Waals surface area (Å²) in [5.41, 5.74) is 1.96. The van der Waals surface area contributed by atoms with Gasteiger partial charge in [-0.05, 0) is 60.4 Å². The van der Waals surface area contributed by atoms with Gasteiger partial charge in [-0.15, -0.1) is 0 Å². The Morgan fingerprint density at radius 3 is 1.21 bits per heavy atom. The van der Waals surface area contributed by atoms with E-state index in [0.29, 0.717) is 22.3 Å². The predicted molar refractivity (Wildman–Crippen MR) is 86.8 cm³/mol. The van der Waals surface area contributed by atoms with Gasteiger partial charge in [0.25, 0.3) is 0 Å². The van der Waals surface area contributed by atoms with Gasteiger partial charge in [0.05, 0.1) is 0 Å². The first-order chi connectivity index (χ1) is 10.9. The molecule has 0 bridgehead atoms. The van der Waals surface area contributed by atoms with Crippen molar-refractivity contribution in [2.45, 2.75) is 13.8 Å². The fraction of sp³-hybridized carbons (Fsp3) is 0.143. The number of hydrogen-bond donors (Lipinski definition) is 2. The van der Waals surface area contributed by atoms with E-state index in [-0.39, 0.29) is 11.4 Å². The molecule has 2 rings (SSSR count). The number of aryl methyl sites for hydroxylation is 2. The van der Waals surface area contributed by atoms with Crippen LogP contribution >= 0.6 is 0 Å². The summed E-state index contributed by atoms with van der Waals surface area (Å²) in [5.74, 6) is 0. The van der Waals surface area contributed by atoms with Crippen LogP contribution in [0, 0.1) is 13.8 Å². The number of anilines is 2. The van der Waals surface area contributed by atoms with Crippen molar-refractivity contribution in [3.8, 4) is 11.1 Å². The topological polar surface area (TPSA) is 24.1 Å². The quantitative estimate of drug-likeness (QED) is 0.553. The van der Waals surface area contributed by atoms with Crippen LogP contribution in [0.5, 0.6) is 0 Å². The Bertz CT molecular complexity index is 680. The second-order valence-electron chi connectivity index (χ2n) is 5.50. The molecular weight excluding hydrogens is 332 g/mol. The Morgan fingerprint density at radius 2 is 0.958 bits per heavy atom. The first-order valence-corrected chi connectivity index (χ1v) is 7.11. The van der Waals surface area contributed by atoms with E-state index in [9.17, 15) is 25.9 Å². The average Bonchev–Trinajstić information content (AvgIpc) is 2.40. The lowest BCUT2D eigenvalue weighted by atomic mass is 9.98. The molecular formula is C14H14B2F6N2-2. The summed E-state index contributed by atoms with van der Waals surface area (Å²) < 4.78 is 74.6. The number of rotatable bonds is 5. The number of hydrogen-bond acceptors (Lipinski definition) is 2. The van der Waals surface area contributed by atoms with Crippen LogP contribution in [0.15, 0.2) is 36.4 Å². The molecule has 0 atom stereocenters. The number of halogens is 6. The Morgan fingerprint density at radius 1 is 0.625 bits per heavy atom. The van der Waals surface area contributed by atoms with Gasteiger partial charge in [-0.1, -0.05) is 12.1 Å². The second kappa shape index (κ2) is 6.33. The zero-order valence-electron chi connectivity index (χ0n) is 12.9. The van der Waals surface area contributed by atoms with E-state index in [0.717, 1.165) is 0 Å². The lowest BCUT2D eigenvalue weighted by Gasteiger charge is -2.21. The molecule has 0 spiro atoms. The molecule has 2 N–H and O–H groups in total. The Balaban J connectivity index is 2.29. The van der Waals surface area contributed by atoms with E-state index in [2.05, 4.69) is 0 Å². The summed E-state index contributed by atoms with van der Waals surface area (Å²) >= 11 is 0. The van der Waals surface area contributed by atoms with Gasteiger partial charge in [0.15, 0.2) is 0 Å². The number of benzene rings is 2. The van der Waals surface area contributed by atoms with Crippen molar-refractivity contribution in [2.75, 3.05) is 10.5 Å². The smallest absolute Gasteiger partial charge is 0.473 e. The molecule has 0 amide bonds. The zero-order valence-corrected chi connectivity index (χ0v) is 12.9. The van der Waals surface area contributed by atoms with Crippen LogP contribution in [-0.2, 0) is 0 Å². The van der Waals surface area contributed by atoms with Crippen molar-refractivity contribution in [1.29, 1.82) is 0 Å². The monoisotopic (exact) mass is 346 g/mol. The fourth-order valence-electron chi connectivity index (χ4n) is 2.36. The number of nitrogens with one attached hydrogen (secondary N) is 2. The van der Waals surface area contributed by atoms with Crippen molar-refractivity contribution in [1.82, 2.24) is 0 Å². The maximum atomic E-state index is 12.4. The molecule has 10 heteroatoms. The molecule has 0 aromatic heterocycles. The second-order valence-corrected chi connectivity index (χ2v) is 5.50. The van der Waals surface area contributed by atoms with E-state index in [1.54, 1.807) is 12.1 Å². The van der Waals surface area contributed by atoms with E-state index < -0.39 is 14.2 Å². The van der Waals surface area contributed by atoms with Crippen LogP contribution in [-0.4, -0.2) is 14.2 Å². The van der Waals surface area contributed by atoms with E-state index in [4.69, 9.17) is 0 Å². The summed E-state index contributed by atoms with van der Waals surface area (Å²) in [5, 5.41) is 3.01. The van der Waals surface area contributed by atoms with Gasteiger partial charge in [-0.25, -0.2) is 0 Å². The summed E-state index contributed by atoms with van der Waals surface area (Å²) in [6.07, 6.45) is 0. The highest BCUT2D eigenvalue weighted by molar-refractivity contribution is 6.62. The molecule has 0 unspecified atom stereocenters. The molecule has 0 aliphatic rings. The maximum Gasteiger partial charge on any atom is 0.595 e. The van der Waals surface area contributed by atoms with Crippen LogP contribution in [0.3, 0.4) is 0 Å². The highest BCUT2D eigenvalue weighted by Gasteiger charge is 2.25. The molecule has 0 aliphatic carbocycles. The summed E-state index contributed by atoms with van der Waals surface area (Å²) in [6, 6.07) is 8.71. The molecule has 0 heterocycles. The first-order valence-electron chi connectivity index (χ1n) is 7.11. The highest BCUT2D eigenvalue weighted by Crippen LogP contribution is 2.30. The minimum Gasteiger partial charge on any atom is -0.473 e. The van der Waals surface area contributed by atoms with Crippen LogP contribution in [0.25, 0.3) is 11.1 Å². The zero-order chi connectivity index (χ0) is 18.1. The maximum absolute atomic E-state index is 12.4. The Hall–Kier alpha value is -2.25. The van der Waals surface area contributed by atoms with Gasteiger partial charge in [0, 0.05) is 11.4 Å². The van der Waals surface area contributed by atoms with Gasteiger partial charge >= 0.3 is 14.2 Å². The Labute approximate surface area is 135 Å². The van der Waals surface area contributed by atoms with Gasteiger partial charge in [-0.3, -0.25) is 0 Å². The molecule has 0 aliphatic heterocycles. The van der Waals surface area contributed by atoms with Crippen molar-refractivity contribution < 1.29 is 25.9 Å². The summed E-state index contributed by atoms with van der Waals surface area (Å²) in [4.78, 5) is 0. The molecule has 0 fully saturated rings. The van der Waals surface area contributed by atoms with Crippen LogP contribution in [0.4, 0.5) is 37.3 Å². The van der Waals surface area contributed by atoms with E-state index in [1.165, 1.54) is 48.6 Å². The standard InChI is InChI=1S/C14H14B2F6N2/c1-9-7-11(3-5-13(9)23-15(17,18)19)12-4-6-14(10(2)8-12)24-16(20,21)22/h3-8,23-24H,1-2H3/q-2. The van der Waals surface area contributed by atoms with Crippen LogP contribution < -0.4 is 10.5 Å². The molecule has 0 saturated heterocycles.